The fourth-order valence-corrected chi connectivity index (χ4v) is 3.29. The summed E-state index contributed by atoms with van der Waals surface area (Å²) in [6.07, 6.45) is 0. The second kappa shape index (κ2) is 6.58. The molecule has 0 amide bonds. The fraction of sp³-hybridized carbons (Fsp3) is 0. The largest absolute Gasteiger partial charge is 0.436 e. The van der Waals surface area contributed by atoms with Crippen LogP contribution < -0.4 is 0 Å². The van der Waals surface area contributed by atoms with Crippen molar-refractivity contribution in [2.75, 3.05) is 0 Å². The number of hydrogen-bond acceptors (Lipinski definition) is 2. The quantitative estimate of drug-likeness (QED) is 0.357. The molecule has 0 fully saturated rings. The first-order valence-corrected chi connectivity index (χ1v) is 8.99. The highest BCUT2D eigenvalue weighted by Crippen LogP contribution is 2.29. The molecule has 27 heavy (non-hydrogen) atoms. The lowest BCUT2D eigenvalue weighted by Crippen LogP contribution is -1.80. The lowest BCUT2D eigenvalue weighted by molar-refractivity contribution is 0.620. The molecule has 0 unspecified atom stereocenters. The fourth-order valence-electron chi connectivity index (χ4n) is 3.29. The van der Waals surface area contributed by atoms with Crippen molar-refractivity contribution < 1.29 is 4.42 Å². The lowest BCUT2D eigenvalue weighted by atomic mass is 10.0. The van der Waals surface area contributed by atoms with Gasteiger partial charge in [-0.3, -0.25) is 0 Å². The van der Waals surface area contributed by atoms with E-state index in [1.54, 1.807) is 0 Å². The number of oxazole rings is 1. The first-order chi connectivity index (χ1) is 13.4. The molecule has 5 rings (SSSR count). The second-order valence-corrected chi connectivity index (χ2v) is 6.51. The molecule has 0 saturated heterocycles. The van der Waals surface area contributed by atoms with Crippen LogP contribution in [0.4, 0.5) is 0 Å². The molecule has 0 atom stereocenters. The highest BCUT2D eigenvalue weighted by molar-refractivity contribution is 5.82. The Bertz CT molecular complexity index is 1190. The van der Waals surface area contributed by atoms with Gasteiger partial charge in [-0.05, 0) is 46.5 Å². The minimum Gasteiger partial charge on any atom is -0.436 e. The van der Waals surface area contributed by atoms with Crippen LogP contribution in [0.1, 0.15) is 0 Å². The van der Waals surface area contributed by atoms with E-state index >= 15 is 0 Å². The van der Waals surface area contributed by atoms with Crippen LogP contribution in [0.2, 0.25) is 0 Å². The van der Waals surface area contributed by atoms with Crippen molar-refractivity contribution in [2.24, 2.45) is 0 Å². The van der Waals surface area contributed by atoms with Crippen LogP contribution >= 0.6 is 0 Å². The zero-order valence-electron chi connectivity index (χ0n) is 14.7. The molecule has 0 saturated carbocycles. The van der Waals surface area contributed by atoms with E-state index in [2.05, 4.69) is 65.6 Å². The van der Waals surface area contributed by atoms with Gasteiger partial charge in [0.15, 0.2) is 5.58 Å². The minimum atomic E-state index is 0.648. The van der Waals surface area contributed by atoms with E-state index < -0.39 is 0 Å². The van der Waals surface area contributed by atoms with Gasteiger partial charge in [0.2, 0.25) is 5.89 Å². The number of rotatable bonds is 3. The van der Waals surface area contributed by atoms with Gasteiger partial charge in [-0.2, -0.15) is 0 Å². The SMILES string of the molecule is c1ccc(-c2ccc(-c3nc4ccc(-c5ccccc5)cc4o3)cc2)cc1. The maximum atomic E-state index is 6.05. The molecule has 0 bridgehead atoms. The zero-order valence-corrected chi connectivity index (χ0v) is 14.7. The van der Waals surface area contributed by atoms with Gasteiger partial charge in [-0.25, -0.2) is 4.98 Å². The summed E-state index contributed by atoms with van der Waals surface area (Å²) in [5.74, 6) is 0.648. The molecule has 128 valence electrons. The van der Waals surface area contributed by atoms with Gasteiger partial charge < -0.3 is 4.42 Å². The Balaban J connectivity index is 1.50. The van der Waals surface area contributed by atoms with Crippen LogP contribution in [0.15, 0.2) is 108 Å². The summed E-state index contributed by atoms with van der Waals surface area (Å²) < 4.78 is 6.05. The van der Waals surface area contributed by atoms with Crippen LogP contribution in [0.3, 0.4) is 0 Å². The maximum Gasteiger partial charge on any atom is 0.227 e. The summed E-state index contributed by atoms with van der Waals surface area (Å²) in [6.45, 7) is 0. The van der Waals surface area contributed by atoms with Gasteiger partial charge in [-0.1, -0.05) is 78.9 Å². The molecule has 0 aliphatic carbocycles. The van der Waals surface area contributed by atoms with Crippen LogP contribution in [-0.4, -0.2) is 4.98 Å². The molecule has 2 nitrogen and oxygen atoms in total. The molecule has 0 aliphatic rings. The van der Waals surface area contributed by atoms with Gasteiger partial charge >= 0.3 is 0 Å². The van der Waals surface area contributed by atoms with Crippen molar-refractivity contribution >= 4 is 11.1 Å². The first kappa shape index (κ1) is 15.6. The minimum absolute atomic E-state index is 0.648. The van der Waals surface area contributed by atoms with E-state index in [-0.39, 0.29) is 0 Å². The average molecular weight is 347 g/mol. The summed E-state index contributed by atoms with van der Waals surface area (Å²) in [6, 6.07) is 35.1. The molecule has 0 N–H and O–H groups in total. The van der Waals surface area contributed by atoms with E-state index in [0.29, 0.717) is 5.89 Å². The molecule has 0 spiro atoms. The number of nitrogens with zero attached hydrogens (tertiary/aromatic N) is 1. The monoisotopic (exact) mass is 347 g/mol. The van der Waals surface area contributed by atoms with Crippen LogP contribution in [0.25, 0.3) is 44.8 Å². The molecule has 4 aromatic carbocycles. The number of hydrogen-bond donors (Lipinski definition) is 0. The Labute approximate surface area is 157 Å². The smallest absolute Gasteiger partial charge is 0.227 e. The molecular weight excluding hydrogens is 330 g/mol. The third-order valence-electron chi connectivity index (χ3n) is 4.73. The van der Waals surface area contributed by atoms with Gasteiger partial charge in [0.25, 0.3) is 0 Å². The molecule has 1 aromatic heterocycles. The van der Waals surface area contributed by atoms with Crippen molar-refractivity contribution in [3.05, 3.63) is 103 Å². The van der Waals surface area contributed by atoms with Gasteiger partial charge in [0.05, 0.1) is 0 Å². The van der Waals surface area contributed by atoms with E-state index in [1.165, 1.54) is 16.7 Å². The van der Waals surface area contributed by atoms with Gasteiger partial charge in [0.1, 0.15) is 5.52 Å². The van der Waals surface area contributed by atoms with Gasteiger partial charge in [-0.15, -0.1) is 0 Å². The van der Waals surface area contributed by atoms with Crippen molar-refractivity contribution in [3.8, 4) is 33.7 Å². The molecule has 0 aliphatic heterocycles. The molecule has 2 heteroatoms. The summed E-state index contributed by atoms with van der Waals surface area (Å²) in [7, 11) is 0. The third kappa shape index (κ3) is 3.02. The summed E-state index contributed by atoms with van der Waals surface area (Å²) >= 11 is 0. The Morgan fingerprint density at radius 2 is 1.00 bits per heavy atom. The topological polar surface area (TPSA) is 26.0 Å². The zero-order chi connectivity index (χ0) is 18.1. The molecule has 5 aromatic rings. The van der Waals surface area contributed by atoms with E-state index in [4.69, 9.17) is 4.42 Å². The van der Waals surface area contributed by atoms with E-state index in [1.807, 2.05) is 42.5 Å². The van der Waals surface area contributed by atoms with Crippen molar-refractivity contribution in [3.63, 3.8) is 0 Å². The van der Waals surface area contributed by atoms with Crippen molar-refractivity contribution in [1.82, 2.24) is 4.98 Å². The number of benzene rings is 4. The summed E-state index contributed by atoms with van der Waals surface area (Å²) in [5, 5.41) is 0. The van der Waals surface area contributed by atoms with Crippen LogP contribution in [-0.2, 0) is 0 Å². The van der Waals surface area contributed by atoms with E-state index in [9.17, 15) is 0 Å². The van der Waals surface area contributed by atoms with Gasteiger partial charge in [0, 0.05) is 5.56 Å². The highest BCUT2D eigenvalue weighted by atomic mass is 16.3. The first-order valence-electron chi connectivity index (χ1n) is 8.99. The Morgan fingerprint density at radius 1 is 0.481 bits per heavy atom. The Morgan fingerprint density at radius 3 is 1.67 bits per heavy atom. The predicted octanol–water partition coefficient (Wildman–Crippen LogP) is 6.83. The standard InChI is InChI=1S/C25H17NO/c1-3-7-18(8-4-1)20-11-13-21(14-12-20)25-26-23-16-15-22(17-24(23)27-25)19-9-5-2-6-10-19/h1-17H. The summed E-state index contributed by atoms with van der Waals surface area (Å²) in [5.41, 5.74) is 7.34. The Hall–Kier alpha value is -3.65. The Kier molecular flexibility index (Phi) is 3.80. The second-order valence-electron chi connectivity index (χ2n) is 6.51. The number of fused-ring (bicyclic) bond motifs is 1. The summed E-state index contributed by atoms with van der Waals surface area (Å²) in [4.78, 5) is 4.65. The van der Waals surface area contributed by atoms with Crippen LogP contribution in [0.5, 0.6) is 0 Å². The van der Waals surface area contributed by atoms with Crippen LogP contribution in [0, 0.1) is 0 Å². The third-order valence-corrected chi connectivity index (χ3v) is 4.73. The average Bonchev–Trinajstić information content (AvgIpc) is 3.18. The highest BCUT2D eigenvalue weighted by Gasteiger charge is 2.10. The normalized spacial score (nSPS) is 11.0. The predicted molar refractivity (Wildman–Crippen MR) is 110 cm³/mol. The molecular formula is C25H17NO. The maximum absolute atomic E-state index is 6.05. The molecule has 1 heterocycles. The van der Waals surface area contributed by atoms with E-state index in [0.717, 1.165) is 22.2 Å². The lowest BCUT2D eigenvalue weighted by Gasteiger charge is -2.02. The van der Waals surface area contributed by atoms with Crippen molar-refractivity contribution in [1.29, 1.82) is 0 Å². The number of aromatic nitrogens is 1. The molecule has 0 radical (unpaired) electrons. The van der Waals surface area contributed by atoms with Crippen molar-refractivity contribution in [2.45, 2.75) is 0 Å².